The highest BCUT2D eigenvalue weighted by atomic mass is 32.1. The number of fused-ring (bicyclic) bond motifs is 2. The van der Waals surface area contributed by atoms with Crippen molar-refractivity contribution < 1.29 is 9.53 Å². The highest BCUT2D eigenvalue weighted by Crippen LogP contribution is 2.40. The Kier molecular flexibility index (Phi) is 4.77. The summed E-state index contributed by atoms with van der Waals surface area (Å²) in [4.78, 5) is 18.1. The monoisotopic (exact) mass is 400 g/mol. The highest BCUT2D eigenvalue weighted by molar-refractivity contribution is 7.11. The van der Waals surface area contributed by atoms with E-state index in [1.165, 1.54) is 22.6 Å². The molecule has 0 bridgehead atoms. The number of amides is 1. The summed E-state index contributed by atoms with van der Waals surface area (Å²) >= 11 is 1.87. The van der Waals surface area contributed by atoms with Crippen LogP contribution in [0.1, 0.15) is 63.6 Å². The van der Waals surface area contributed by atoms with Crippen molar-refractivity contribution in [2.75, 3.05) is 19.7 Å². The number of aromatic amines is 1. The van der Waals surface area contributed by atoms with Crippen molar-refractivity contribution in [3.63, 3.8) is 0 Å². The minimum absolute atomic E-state index is 0.0473. The Bertz CT molecular complexity index is 870. The Hall–Kier alpha value is -1.70. The Morgan fingerprint density at radius 3 is 3.07 bits per heavy atom. The number of ether oxygens (including phenoxy) is 1. The van der Waals surface area contributed by atoms with E-state index in [9.17, 15) is 4.79 Å². The second kappa shape index (κ2) is 7.28. The second-order valence-electron chi connectivity index (χ2n) is 8.63. The van der Waals surface area contributed by atoms with Crippen LogP contribution in [0.25, 0.3) is 0 Å². The van der Waals surface area contributed by atoms with E-state index in [0.717, 1.165) is 50.2 Å². The van der Waals surface area contributed by atoms with Crippen molar-refractivity contribution in [2.45, 2.75) is 63.6 Å². The van der Waals surface area contributed by atoms with Gasteiger partial charge in [-0.15, -0.1) is 11.3 Å². The Morgan fingerprint density at radius 1 is 1.43 bits per heavy atom. The fourth-order valence-electron chi connectivity index (χ4n) is 5.08. The van der Waals surface area contributed by atoms with Gasteiger partial charge in [0, 0.05) is 39.9 Å². The van der Waals surface area contributed by atoms with Crippen LogP contribution >= 0.6 is 11.3 Å². The molecule has 2 aromatic rings. The van der Waals surface area contributed by atoms with Crippen molar-refractivity contribution >= 4 is 17.2 Å². The largest absolute Gasteiger partial charge is 0.376 e. The summed E-state index contributed by atoms with van der Waals surface area (Å²) in [7, 11) is 0. The summed E-state index contributed by atoms with van der Waals surface area (Å²) < 4.78 is 5.99. The molecule has 0 aromatic carbocycles. The van der Waals surface area contributed by atoms with Gasteiger partial charge in [0.2, 0.25) is 0 Å². The molecule has 0 radical (unpaired) electrons. The third-order valence-corrected chi connectivity index (χ3v) is 7.52. The molecule has 2 aliphatic heterocycles. The van der Waals surface area contributed by atoms with E-state index in [4.69, 9.17) is 4.74 Å². The zero-order valence-corrected chi connectivity index (χ0v) is 17.2. The molecule has 2 N–H and O–H groups in total. The van der Waals surface area contributed by atoms with E-state index < -0.39 is 0 Å². The molecular weight excluding hydrogens is 372 g/mol. The molecule has 6 nitrogen and oxygen atoms in total. The lowest BCUT2D eigenvalue weighted by Crippen LogP contribution is -2.40. The lowest BCUT2D eigenvalue weighted by atomic mass is 9.80. The number of H-pyrrole nitrogens is 1. The molecular formula is C21H28N4O2S. The van der Waals surface area contributed by atoms with Crippen molar-refractivity contribution in [2.24, 2.45) is 0 Å². The van der Waals surface area contributed by atoms with Gasteiger partial charge in [-0.3, -0.25) is 14.8 Å². The maximum Gasteiger partial charge on any atom is 0.272 e. The summed E-state index contributed by atoms with van der Waals surface area (Å²) in [6, 6.07) is 4.72. The molecule has 2 aromatic heterocycles. The third-order valence-electron chi connectivity index (χ3n) is 6.54. The van der Waals surface area contributed by atoms with Crippen LogP contribution < -0.4 is 5.32 Å². The number of hydrogen-bond acceptors (Lipinski definition) is 5. The van der Waals surface area contributed by atoms with Gasteiger partial charge < -0.3 is 10.1 Å². The molecule has 150 valence electrons. The zero-order valence-electron chi connectivity index (χ0n) is 16.4. The van der Waals surface area contributed by atoms with Gasteiger partial charge in [-0.1, -0.05) is 12.8 Å². The molecule has 5 rings (SSSR count). The van der Waals surface area contributed by atoms with E-state index in [-0.39, 0.29) is 11.3 Å². The number of likely N-dealkylation sites (tertiary alicyclic amines) is 1. The number of thiophene rings is 1. The lowest BCUT2D eigenvalue weighted by molar-refractivity contribution is 0.0509. The second-order valence-corrected chi connectivity index (χ2v) is 10.00. The molecule has 1 unspecified atom stereocenters. The Morgan fingerprint density at radius 2 is 2.29 bits per heavy atom. The van der Waals surface area contributed by atoms with Crippen LogP contribution in [-0.4, -0.2) is 46.7 Å². The fraction of sp³-hybridized carbons (Fsp3) is 0.619. The van der Waals surface area contributed by atoms with Crippen LogP contribution in [0.3, 0.4) is 0 Å². The predicted octanol–water partition coefficient (Wildman–Crippen LogP) is 3.13. The van der Waals surface area contributed by atoms with Gasteiger partial charge in [0.25, 0.3) is 5.91 Å². The summed E-state index contributed by atoms with van der Waals surface area (Å²) in [5, 5.41) is 10.8. The number of carbonyl (C=O) groups excluding carboxylic acids is 1. The smallest absolute Gasteiger partial charge is 0.272 e. The average Bonchev–Trinajstić information content (AvgIpc) is 3.44. The Labute approximate surface area is 169 Å². The number of nitrogens with one attached hydrogen (secondary N) is 2. The average molecular weight is 401 g/mol. The molecule has 7 heteroatoms. The minimum atomic E-state index is -0.0707. The van der Waals surface area contributed by atoms with Crippen LogP contribution in [0, 0.1) is 6.92 Å². The molecule has 1 atom stereocenters. The molecule has 1 saturated carbocycles. The van der Waals surface area contributed by atoms with Gasteiger partial charge >= 0.3 is 0 Å². The zero-order chi connectivity index (χ0) is 19.1. The third kappa shape index (κ3) is 3.29. The first-order chi connectivity index (χ1) is 13.6. The molecule has 1 saturated heterocycles. The summed E-state index contributed by atoms with van der Waals surface area (Å²) in [5.41, 5.74) is 2.56. The number of nitrogens with zero attached hydrogens (tertiary/aromatic N) is 2. The number of hydrogen-bond donors (Lipinski definition) is 2. The van der Waals surface area contributed by atoms with Crippen molar-refractivity contribution in [3.8, 4) is 0 Å². The standard InChI is InChI=1S/C21H28N4O2S/c1-14-6-7-16(28-14)10-25-9-8-21(12-25)13-27-11-17-18(23-24-19(17)21)20(26)22-15-4-2-3-5-15/h6-7,15H,2-5,8-13H2,1H3,(H,22,26)(H,23,24). The quantitative estimate of drug-likeness (QED) is 0.827. The molecule has 3 aliphatic rings. The first-order valence-corrected chi connectivity index (χ1v) is 11.2. The number of rotatable bonds is 4. The highest BCUT2D eigenvalue weighted by Gasteiger charge is 2.46. The summed E-state index contributed by atoms with van der Waals surface area (Å²) in [6.07, 6.45) is 5.60. The topological polar surface area (TPSA) is 70.2 Å². The predicted molar refractivity (Wildman–Crippen MR) is 109 cm³/mol. The van der Waals surface area contributed by atoms with Gasteiger partial charge in [0.05, 0.1) is 18.9 Å². The van der Waals surface area contributed by atoms with Gasteiger partial charge in [-0.05, 0) is 44.9 Å². The van der Waals surface area contributed by atoms with E-state index >= 15 is 0 Å². The molecule has 4 heterocycles. The summed E-state index contributed by atoms with van der Waals surface area (Å²) in [6.45, 7) is 6.31. The van der Waals surface area contributed by atoms with E-state index in [1.807, 2.05) is 11.3 Å². The molecule has 1 amide bonds. The number of aromatic nitrogens is 2. The van der Waals surface area contributed by atoms with Crippen LogP contribution in [0.2, 0.25) is 0 Å². The van der Waals surface area contributed by atoms with E-state index in [1.54, 1.807) is 0 Å². The van der Waals surface area contributed by atoms with Gasteiger partial charge in [-0.25, -0.2) is 0 Å². The van der Waals surface area contributed by atoms with E-state index in [2.05, 4.69) is 39.5 Å². The van der Waals surface area contributed by atoms with E-state index in [0.29, 0.717) is 24.9 Å². The van der Waals surface area contributed by atoms with Crippen LogP contribution in [0.15, 0.2) is 12.1 Å². The SMILES string of the molecule is Cc1ccc(CN2CCC3(COCc4c(C(=O)NC5CCCC5)n[nH]c43)C2)s1. The number of carbonyl (C=O) groups is 1. The van der Waals surface area contributed by atoms with Crippen LogP contribution in [0.4, 0.5) is 0 Å². The Balaban J connectivity index is 1.33. The van der Waals surface area contributed by atoms with Gasteiger partial charge in [0.15, 0.2) is 5.69 Å². The normalized spacial score (nSPS) is 25.5. The number of aryl methyl sites for hydroxylation is 1. The molecule has 1 spiro atoms. The van der Waals surface area contributed by atoms with Crippen LogP contribution in [0.5, 0.6) is 0 Å². The molecule has 2 fully saturated rings. The van der Waals surface area contributed by atoms with Crippen molar-refractivity contribution in [1.82, 2.24) is 20.4 Å². The van der Waals surface area contributed by atoms with Crippen LogP contribution in [-0.2, 0) is 23.3 Å². The van der Waals surface area contributed by atoms with Crippen molar-refractivity contribution in [1.29, 1.82) is 0 Å². The summed E-state index contributed by atoms with van der Waals surface area (Å²) in [5.74, 6) is -0.0473. The fourth-order valence-corrected chi connectivity index (χ4v) is 6.02. The van der Waals surface area contributed by atoms with Gasteiger partial charge in [-0.2, -0.15) is 5.10 Å². The maximum atomic E-state index is 12.8. The first-order valence-electron chi connectivity index (χ1n) is 10.4. The first kappa shape index (κ1) is 18.3. The van der Waals surface area contributed by atoms with Gasteiger partial charge in [0.1, 0.15) is 0 Å². The lowest BCUT2D eigenvalue weighted by Gasteiger charge is -2.33. The van der Waals surface area contributed by atoms with Crippen molar-refractivity contribution in [3.05, 3.63) is 38.8 Å². The minimum Gasteiger partial charge on any atom is -0.376 e. The molecule has 28 heavy (non-hydrogen) atoms. The molecule has 1 aliphatic carbocycles. The maximum absolute atomic E-state index is 12.8.